The average Bonchev–Trinajstić information content (AvgIpc) is 2.66. The van der Waals surface area contributed by atoms with E-state index in [1.54, 1.807) is 0 Å². The van der Waals surface area contributed by atoms with E-state index >= 15 is 0 Å². The molecule has 0 bridgehead atoms. The van der Waals surface area contributed by atoms with Crippen molar-refractivity contribution in [3.05, 3.63) is 46.5 Å². The first-order valence-corrected chi connectivity index (χ1v) is 8.76. The largest absolute Gasteiger partial charge is 0.495 e. The van der Waals surface area contributed by atoms with Crippen LogP contribution in [0.4, 0.5) is 0 Å². The fourth-order valence-electron chi connectivity index (χ4n) is 2.94. The quantitative estimate of drug-likeness (QED) is 0.611. The van der Waals surface area contributed by atoms with Crippen molar-refractivity contribution in [2.75, 3.05) is 14.2 Å². The Morgan fingerprint density at radius 3 is 0.966 bits per heavy atom. The van der Waals surface area contributed by atoms with Crippen LogP contribution in [0.5, 0.6) is 23.0 Å². The van der Waals surface area contributed by atoms with Crippen LogP contribution in [-0.4, -0.2) is 37.4 Å². The van der Waals surface area contributed by atoms with Gasteiger partial charge in [0.2, 0.25) is 0 Å². The minimum atomic E-state index is -0.307. The van der Waals surface area contributed by atoms with Gasteiger partial charge in [-0.15, -0.1) is 0 Å². The summed E-state index contributed by atoms with van der Waals surface area (Å²) in [6, 6.07) is 5.77. The predicted molar refractivity (Wildman–Crippen MR) is 106 cm³/mol. The fourth-order valence-corrected chi connectivity index (χ4v) is 2.94. The Labute approximate surface area is 168 Å². The number of hydrogen-bond donors (Lipinski definition) is 0. The van der Waals surface area contributed by atoms with Crippen LogP contribution in [-0.2, 0) is 0 Å². The minimum absolute atomic E-state index is 0.168. The second-order valence-corrected chi connectivity index (χ2v) is 6.43. The maximum Gasteiger partial charge on any atom is 0.163 e. The Morgan fingerprint density at radius 1 is 0.552 bits per heavy atom. The van der Waals surface area contributed by atoms with Crippen LogP contribution < -0.4 is 14.2 Å². The van der Waals surface area contributed by atoms with E-state index in [-0.39, 0.29) is 68.4 Å². The van der Waals surface area contributed by atoms with Crippen molar-refractivity contribution >= 4 is 23.1 Å². The molecule has 0 fully saturated rings. The van der Waals surface area contributed by atoms with Gasteiger partial charge < -0.3 is 14.2 Å². The van der Waals surface area contributed by atoms with Gasteiger partial charge in [0.15, 0.2) is 23.1 Å². The van der Waals surface area contributed by atoms with Gasteiger partial charge >= 0.3 is 0 Å². The number of Topliss-reactive ketones (excluding diaryl/α,β-unsaturated/α-hetero) is 4. The molecule has 0 unspecified atom stereocenters. The zero-order chi connectivity index (χ0) is 21.9. The molecule has 0 aliphatic heterocycles. The third-order valence-electron chi connectivity index (χ3n) is 4.29. The van der Waals surface area contributed by atoms with E-state index in [4.69, 9.17) is 14.2 Å². The van der Waals surface area contributed by atoms with Gasteiger partial charge in [-0.3, -0.25) is 19.2 Å². The van der Waals surface area contributed by atoms with Crippen LogP contribution in [0.2, 0.25) is 0 Å². The first-order valence-electron chi connectivity index (χ1n) is 8.76. The number of methoxy groups -OCH3 is 2. The van der Waals surface area contributed by atoms with Crippen molar-refractivity contribution in [3.8, 4) is 23.0 Å². The zero-order valence-corrected chi connectivity index (χ0v) is 17.2. The number of benzene rings is 2. The van der Waals surface area contributed by atoms with Gasteiger partial charge in [-0.05, 0) is 52.0 Å². The summed E-state index contributed by atoms with van der Waals surface area (Å²) in [6.07, 6.45) is 0. The summed E-state index contributed by atoms with van der Waals surface area (Å²) in [7, 11) is 2.74. The summed E-state index contributed by atoms with van der Waals surface area (Å²) >= 11 is 0. The van der Waals surface area contributed by atoms with E-state index in [1.165, 1.54) is 66.2 Å². The Bertz CT molecular complexity index is 866. The molecule has 2 rings (SSSR count). The summed E-state index contributed by atoms with van der Waals surface area (Å²) in [4.78, 5) is 48.1. The standard InChI is InChI=1S/C22H22O7/c1-11(23)17-7-15(8-18(12(2)24)21(17)27-5)29-16-9-19(13(3)25)22(28-6)20(10-16)14(4)26/h7-10H,1-6H3. The van der Waals surface area contributed by atoms with E-state index in [1.807, 2.05) is 0 Å². The average molecular weight is 398 g/mol. The molecular formula is C22H22O7. The topological polar surface area (TPSA) is 96.0 Å². The van der Waals surface area contributed by atoms with E-state index in [2.05, 4.69) is 0 Å². The van der Waals surface area contributed by atoms with E-state index in [0.29, 0.717) is 0 Å². The van der Waals surface area contributed by atoms with Crippen molar-refractivity contribution in [1.29, 1.82) is 0 Å². The minimum Gasteiger partial charge on any atom is -0.495 e. The summed E-state index contributed by atoms with van der Waals surface area (Å²) in [5, 5.41) is 0. The molecule has 0 N–H and O–H groups in total. The van der Waals surface area contributed by atoms with Crippen LogP contribution >= 0.6 is 0 Å². The van der Waals surface area contributed by atoms with Gasteiger partial charge in [0, 0.05) is 0 Å². The van der Waals surface area contributed by atoms with E-state index in [9.17, 15) is 19.2 Å². The number of ether oxygens (including phenoxy) is 3. The molecule has 29 heavy (non-hydrogen) atoms. The van der Waals surface area contributed by atoms with Gasteiger partial charge in [0.05, 0.1) is 36.5 Å². The molecule has 7 heteroatoms. The van der Waals surface area contributed by atoms with E-state index < -0.39 is 0 Å². The molecule has 0 radical (unpaired) electrons. The molecule has 152 valence electrons. The molecule has 0 aliphatic rings. The highest BCUT2D eigenvalue weighted by Crippen LogP contribution is 2.36. The zero-order valence-electron chi connectivity index (χ0n) is 17.2. The monoisotopic (exact) mass is 398 g/mol. The highest BCUT2D eigenvalue weighted by molar-refractivity contribution is 6.05. The summed E-state index contributed by atoms with van der Waals surface area (Å²) in [6.45, 7) is 5.39. The fraction of sp³-hybridized carbons (Fsp3) is 0.273. The normalized spacial score (nSPS) is 10.3. The van der Waals surface area contributed by atoms with Crippen molar-refractivity contribution in [2.24, 2.45) is 0 Å². The lowest BCUT2D eigenvalue weighted by Gasteiger charge is -2.16. The van der Waals surface area contributed by atoms with Gasteiger partial charge in [-0.2, -0.15) is 0 Å². The first kappa shape index (κ1) is 21.8. The Morgan fingerprint density at radius 2 is 0.793 bits per heavy atom. The van der Waals surface area contributed by atoms with Crippen LogP contribution in [0.25, 0.3) is 0 Å². The number of hydrogen-bond acceptors (Lipinski definition) is 7. The SMILES string of the molecule is COc1c(C(C)=O)cc(Oc2cc(C(C)=O)c(OC)c(C(C)=O)c2)cc1C(C)=O. The van der Waals surface area contributed by atoms with Crippen molar-refractivity contribution in [3.63, 3.8) is 0 Å². The molecule has 0 aliphatic carbocycles. The molecule has 7 nitrogen and oxygen atoms in total. The highest BCUT2D eigenvalue weighted by Gasteiger charge is 2.21. The molecule has 0 saturated heterocycles. The third kappa shape index (κ3) is 4.51. The van der Waals surface area contributed by atoms with Crippen molar-refractivity contribution in [1.82, 2.24) is 0 Å². The molecule has 0 atom stereocenters. The van der Waals surface area contributed by atoms with Crippen LogP contribution in [0.1, 0.15) is 69.1 Å². The Kier molecular flexibility index (Phi) is 6.53. The lowest BCUT2D eigenvalue weighted by Crippen LogP contribution is -2.07. The molecule has 0 saturated carbocycles. The molecule has 2 aromatic rings. The molecular weight excluding hydrogens is 376 g/mol. The molecule has 0 amide bonds. The first-order chi connectivity index (χ1) is 13.6. The maximum absolute atomic E-state index is 12.0. The molecule has 0 aromatic heterocycles. The van der Waals surface area contributed by atoms with Crippen LogP contribution in [0.15, 0.2) is 24.3 Å². The maximum atomic E-state index is 12.0. The van der Waals surface area contributed by atoms with Gasteiger partial charge in [-0.25, -0.2) is 0 Å². The lowest BCUT2D eigenvalue weighted by molar-refractivity contribution is 0.0992. The Hall–Kier alpha value is -3.48. The smallest absolute Gasteiger partial charge is 0.163 e. The summed E-state index contributed by atoms with van der Waals surface area (Å²) < 4.78 is 16.3. The third-order valence-corrected chi connectivity index (χ3v) is 4.29. The predicted octanol–water partition coefficient (Wildman–Crippen LogP) is 4.31. The highest BCUT2D eigenvalue weighted by atomic mass is 16.5. The molecule has 0 heterocycles. The number of carbonyl (C=O) groups excluding carboxylic acids is 4. The lowest BCUT2D eigenvalue weighted by atomic mass is 10.0. The van der Waals surface area contributed by atoms with Gasteiger partial charge in [0.25, 0.3) is 0 Å². The summed E-state index contributed by atoms with van der Waals surface area (Å²) in [5.74, 6) is -0.513. The molecule has 0 spiro atoms. The second kappa shape index (κ2) is 8.68. The summed E-state index contributed by atoms with van der Waals surface area (Å²) in [5.41, 5.74) is 0.731. The number of rotatable bonds is 8. The number of ketones is 4. The van der Waals surface area contributed by atoms with Crippen molar-refractivity contribution in [2.45, 2.75) is 27.7 Å². The van der Waals surface area contributed by atoms with Crippen molar-refractivity contribution < 1.29 is 33.4 Å². The second-order valence-electron chi connectivity index (χ2n) is 6.43. The number of carbonyl (C=O) groups is 4. The van der Waals surface area contributed by atoms with Crippen LogP contribution in [0, 0.1) is 0 Å². The van der Waals surface area contributed by atoms with E-state index in [0.717, 1.165) is 0 Å². The molecule has 2 aromatic carbocycles. The Balaban J connectivity index is 2.67. The van der Waals surface area contributed by atoms with Crippen LogP contribution in [0.3, 0.4) is 0 Å². The van der Waals surface area contributed by atoms with Gasteiger partial charge in [0.1, 0.15) is 23.0 Å². The van der Waals surface area contributed by atoms with Gasteiger partial charge in [-0.1, -0.05) is 0 Å².